The normalized spacial score (nSPS) is 11.2. The molecule has 0 aliphatic carbocycles. The number of carboxylic acids is 2. The van der Waals surface area contributed by atoms with E-state index >= 15 is 0 Å². The summed E-state index contributed by atoms with van der Waals surface area (Å²) in [4.78, 5) is 48.7. The Labute approximate surface area is 129 Å². The quantitative estimate of drug-likeness (QED) is 0.578. The molecule has 0 radical (unpaired) electrons. The van der Waals surface area contributed by atoms with Crippen LogP contribution in [0.25, 0.3) is 10.9 Å². The van der Waals surface area contributed by atoms with Gasteiger partial charge in [0, 0.05) is 30.3 Å². The largest absolute Gasteiger partial charge is 0.479 e. The lowest BCUT2D eigenvalue weighted by molar-refractivity contribution is -0.161. The second-order valence-corrected chi connectivity index (χ2v) is 5.08. The number of carbonyl (C=O) groups excluding carboxylic acids is 1. The molecule has 23 heavy (non-hydrogen) atoms. The highest BCUT2D eigenvalue weighted by Gasteiger charge is 2.48. The van der Waals surface area contributed by atoms with E-state index in [1.165, 1.54) is 0 Å². The van der Waals surface area contributed by atoms with Crippen LogP contribution in [0.1, 0.15) is 12.5 Å². The molecule has 0 fully saturated rings. The van der Waals surface area contributed by atoms with E-state index in [1.807, 2.05) is 5.32 Å². The van der Waals surface area contributed by atoms with Crippen LogP contribution in [-0.4, -0.2) is 38.6 Å². The van der Waals surface area contributed by atoms with Crippen molar-refractivity contribution in [1.82, 2.24) is 10.3 Å². The van der Waals surface area contributed by atoms with Gasteiger partial charge in [0.05, 0.1) is 0 Å². The van der Waals surface area contributed by atoms with Crippen LogP contribution < -0.4 is 10.9 Å². The fourth-order valence-corrected chi connectivity index (χ4v) is 2.40. The first-order valence-corrected chi connectivity index (χ1v) is 6.63. The number of para-hydroxylation sites is 1. The van der Waals surface area contributed by atoms with E-state index in [9.17, 15) is 29.4 Å². The molecule has 2 rings (SSSR count). The van der Waals surface area contributed by atoms with Gasteiger partial charge in [-0.25, -0.2) is 9.59 Å². The predicted molar refractivity (Wildman–Crippen MR) is 80.1 cm³/mol. The van der Waals surface area contributed by atoms with Gasteiger partial charge in [-0.05, 0) is 11.6 Å². The molecule has 1 heterocycles. The van der Waals surface area contributed by atoms with Crippen molar-refractivity contribution >= 4 is 28.7 Å². The van der Waals surface area contributed by atoms with Gasteiger partial charge < -0.3 is 20.5 Å². The van der Waals surface area contributed by atoms with Crippen molar-refractivity contribution in [1.29, 1.82) is 0 Å². The number of aliphatic carboxylic acids is 2. The first-order chi connectivity index (χ1) is 10.8. The van der Waals surface area contributed by atoms with Gasteiger partial charge in [0.25, 0.3) is 0 Å². The minimum atomic E-state index is -2.55. The summed E-state index contributed by atoms with van der Waals surface area (Å²) in [6.07, 6.45) is -0.568. The number of carbonyl (C=O) groups is 3. The molecule has 4 N–H and O–H groups in total. The molecule has 0 aliphatic heterocycles. The zero-order chi connectivity index (χ0) is 17.2. The van der Waals surface area contributed by atoms with E-state index in [0.29, 0.717) is 10.9 Å². The Kier molecular flexibility index (Phi) is 4.17. The third-order valence-electron chi connectivity index (χ3n) is 3.41. The van der Waals surface area contributed by atoms with Crippen LogP contribution in [0.4, 0.5) is 0 Å². The number of pyridine rings is 1. The zero-order valence-corrected chi connectivity index (χ0v) is 12.1. The number of H-pyrrole nitrogens is 1. The Morgan fingerprint density at radius 2 is 1.78 bits per heavy atom. The predicted octanol–water partition coefficient (Wildman–Crippen LogP) is 0.115. The monoisotopic (exact) mass is 318 g/mol. The summed E-state index contributed by atoms with van der Waals surface area (Å²) in [5.74, 6) is -4.24. The van der Waals surface area contributed by atoms with Crippen molar-refractivity contribution < 1.29 is 24.6 Å². The van der Waals surface area contributed by atoms with Gasteiger partial charge in [0.15, 0.2) is 0 Å². The first kappa shape index (κ1) is 16.2. The number of aromatic amines is 1. The number of rotatable bonds is 5. The number of carboxylic acid groups (broad SMARTS) is 2. The number of fused-ring (bicyclic) bond motifs is 1. The van der Waals surface area contributed by atoms with Crippen LogP contribution in [0, 0.1) is 0 Å². The molecule has 0 unspecified atom stereocenters. The molecular formula is C15H14N2O6. The molecule has 0 aliphatic rings. The lowest BCUT2D eigenvalue weighted by atomic mass is 9.89. The van der Waals surface area contributed by atoms with Crippen molar-refractivity contribution in [3.8, 4) is 0 Å². The third kappa shape index (κ3) is 3.05. The number of benzene rings is 1. The molecule has 0 bridgehead atoms. The molecule has 1 amide bonds. The Morgan fingerprint density at radius 3 is 2.35 bits per heavy atom. The Bertz CT molecular complexity index is 840. The smallest absolute Gasteiger partial charge is 0.341 e. The van der Waals surface area contributed by atoms with Gasteiger partial charge in [-0.1, -0.05) is 18.2 Å². The molecule has 0 saturated heterocycles. The van der Waals surface area contributed by atoms with Crippen molar-refractivity contribution in [2.45, 2.75) is 18.9 Å². The summed E-state index contributed by atoms with van der Waals surface area (Å²) < 4.78 is 0. The Morgan fingerprint density at radius 1 is 1.17 bits per heavy atom. The summed E-state index contributed by atoms with van der Waals surface area (Å²) >= 11 is 0. The highest BCUT2D eigenvalue weighted by molar-refractivity contribution is 6.06. The second-order valence-electron chi connectivity index (χ2n) is 5.08. The summed E-state index contributed by atoms with van der Waals surface area (Å²) in [5, 5.41) is 21.2. The van der Waals surface area contributed by atoms with E-state index < -0.39 is 35.4 Å². The maximum atomic E-state index is 11.7. The van der Waals surface area contributed by atoms with E-state index in [2.05, 4.69) is 4.98 Å². The third-order valence-corrected chi connectivity index (χ3v) is 3.41. The van der Waals surface area contributed by atoms with E-state index in [4.69, 9.17) is 0 Å². The van der Waals surface area contributed by atoms with Crippen LogP contribution >= 0.6 is 0 Å². The first-order valence-electron chi connectivity index (χ1n) is 6.63. The van der Waals surface area contributed by atoms with Gasteiger partial charge in [-0.2, -0.15) is 0 Å². The SMILES string of the molecule is CC(=O)NC(Cc1cc(=O)[nH]c2ccccc12)(C(=O)O)C(=O)O. The van der Waals surface area contributed by atoms with Gasteiger partial charge in [-0.3, -0.25) is 9.59 Å². The summed E-state index contributed by atoms with van der Waals surface area (Å²) in [7, 11) is 0. The zero-order valence-electron chi connectivity index (χ0n) is 12.1. The van der Waals surface area contributed by atoms with E-state index in [-0.39, 0.29) is 5.56 Å². The van der Waals surface area contributed by atoms with Crippen molar-refractivity contribution in [2.75, 3.05) is 0 Å². The molecule has 0 atom stereocenters. The van der Waals surface area contributed by atoms with Crippen LogP contribution in [0.15, 0.2) is 35.1 Å². The summed E-state index contributed by atoms with van der Waals surface area (Å²) in [5.41, 5.74) is -2.39. The highest BCUT2D eigenvalue weighted by atomic mass is 16.4. The average molecular weight is 318 g/mol. The molecule has 0 saturated carbocycles. The van der Waals surface area contributed by atoms with Gasteiger partial charge in [0.1, 0.15) is 0 Å². The van der Waals surface area contributed by atoms with Gasteiger partial charge >= 0.3 is 11.9 Å². The lowest BCUT2D eigenvalue weighted by Gasteiger charge is -2.26. The highest BCUT2D eigenvalue weighted by Crippen LogP contribution is 2.21. The summed E-state index contributed by atoms with van der Waals surface area (Å²) in [6, 6.07) is 7.72. The lowest BCUT2D eigenvalue weighted by Crippen LogP contribution is -2.61. The van der Waals surface area contributed by atoms with Gasteiger partial charge in [-0.15, -0.1) is 0 Å². The fraction of sp³-hybridized carbons (Fsp3) is 0.200. The Balaban J connectivity index is 2.65. The van der Waals surface area contributed by atoms with Crippen molar-refractivity contribution in [3.05, 3.63) is 46.2 Å². The molecule has 120 valence electrons. The second kappa shape index (κ2) is 5.91. The van der Waals surface area contributed by atoms with Gasteiger partial charge in [0.2, 0.25) is 17.0 Å². The number of nitrogens with one attached hydrogen (secondary N) is 2. The Hall–Kier alpha value is -3.16. The minimum Gasteiger partial charge on any atom is -0.479 e. The molecule has 8 heteroatoms. The van der Waals surface area contributed by atoms with Crippen LogP contribution in [0.2, 0.25) is 0 Å². The molecule has 8 nitrogen and oxygen atoms in total. The topological polar surface area (TPSA) is 137 Å². The maximum Gasteiger partial charge on any atom is 0.341 e. The van der Waals surface area contributed by atoms with Crippen LogP contribution in [0.3, 0.4) is 0 Å². The van der Waals surface area contributed by atoms with Crippen LogP contribution in [0.5, 0.6) is 0 Å². The summed E-state index contributed by atoms with van der Waals surface area (Å²) in [6.45, 7) is 1.02. The van der Waals surface area contributed by atoms with Crippen molar-refractivity contribution in [3.63, 3.8) is 0 Å². The number of hydrogen-bond acceptors (Lipinski definition) is 4. The fourth-order valence-electron chi connectivity index (χ4n) is 2.40. The standard InChI is InChI=1S/C15H14N2O6/c1-8(18)17-15(13(20)21,14(22)23)7-9-6-12(19)16-11-5-3-2-4-10(9)11/h2-6H,7H2,1H3,(H,16,19)(H,17,18)(H,20,21)(H,22,23). The molecule has 2 aromatic rings. The van der Waals surface area contributed by atoms with E-state index in [0.717, 1.165) is 13.0 Å². The minimum absolute atomic E-state index is 0.211. The molecule has 0 spiro atoms. The average Bonchev–Trinajstić information content (AvgIpc) is 2.45. The molecule has 1 aromatic heterocycles. The maximum absolute atomic E-state index is 11.7. The van der Waals surface area contributed by atoms with Crippen LogP contribution in [-0.2, 0) is 20.8 Å². The number of aromatic nitrogens is 1. The molecule has 1 aromatic carbocycles. The molecular weight excluding hydrogens is 304 g/mol. The van der Waals surface area contributed by atoms with E-state index in [1.54, 1.807) is 24.3 Å². The number of amides is 1. The van der Waals surface area contributed by atoms with Crippen molar-refractivity contribution in [2.24, 2.45) is 0 Å². The number of hydrogen-bond donors (Lipinski definition) is 4.